The molecule has 1 aromatic carbocycles. The molecule has 0 spiro atoms. The molecule has 1 amide bonds. The minimum absolute atomic E-state index is 0.137. The predicted molar refractivity (Wildman–Crippen MR) is 117 cm³/mol. The molecule has 8 nitrogen and oxygen atoms in total. The average Bonchev–Trinajstić information content (AvgIpc) is 3.36. The van der Waals surface area contributed by atoms with Crippen molar-refractivity contribution >= 4 is 44.1 Å². The van der Waals surface area contributed by atoms with E-state index in [0.717, 1.165) is 35.9 Å². The summed E-state index contributed by atoms with van der Waals surface area (Å²) < 4.78 is 15.7. The zero-order valence-electron chi connectivity index (χ0n) is 17.3. The topological polar surface area (TPSA) is 80.7 Å². The molecule has 0 unspecified atom stereocenters. The van der Waals surface area contributed by atoms with Gasteiger partial charge in [0.15, 0.2) is 5.13 Å². The Morgan fingerprint density at radius 3 is 2.38 bits per heavy atom. The highest BCUT2D eigenvalue weighted by atomic mass is 32.1. The van der Waals surface area contributed by atoms with Gasteiger partial charge >= 0.3 is 0 Å². The van der Waals surface area contributed by atoms with Crippen molar-refractivity contribution in [2.45, 2.75) is 20.8 Å². The number of ether oxygens (including phenoxy) is 2. The summed E-state index contributed by atoms with van der Waals surface area (Å²) in [6.45, 7) is 9.11. The van der Waals surface area contributed by atoms with Crippen LogP contribution in [0.4, 0.5) is 5.13 Å². The molecule has 0 fully saturated rings. The summed E-state index contributed by atoms with van der Waals surface area (Å²) in [4.78, 5) is 22.6. The lowest BCUT2D eigenvalue weighted by Crippen LogP contribution is -2.38. The number of aromatic nitrogens is 3. The van der Waals surface area contributed by atoms with Gasteiger partial charge in [0, 0.05) is 13.1 Å². The zero-order valence-corrected chi connectivity index (χ0v) is 18.9. The van der Waals surface area contributed by atoms with Crippen LogP contribution in [0.1, 0.15) is 29.2 Å². The lowest BCUT2D eigenvalue weighted by molar-refractivity contribution is 0.0987. The van der Waals surface area contributed by atoms with E-state index in [4.69, 9.17) is 14.5 Å². The van der Waals surface area contributed by atoms with Crippen molar-refractivity contribution in [3.63, 3.8) is 0 Å². The Morgan fingerprint density at radius 1 is 1.10 bits per heavy atom. The molecule has 0 aliphatic heterocycles. The van der Waals surface area contributed by atoms with E-state index in [1.807, 2.05) is 12.1 Å². The lowest BCUT2D eigenvalue weighted by atomic mass is 10.3. The van der Waals surface area contributed by atoms with Gasteiger partial charge < -0.3 is 14.4 Å². The van der Waals surface area contributed by atoms with Gasteiger partial charge in [-0.1, -0.05) is 29.7 Å². The maximum Gasteiger partial charge on any atom is 0.273 e. The minimum atomic E-state index is -0.137. The third kappa shape index (κ3) is 4.34. The van der Waals surface area contributed by atoms with E-state index < -0.39 is 0 Å². The third-order valence-electron chi connectivity index (χ3n) is 4.76. The molecule has 3 rings (SSSR count). The highest BCUT2D eigenvalue weighted by molar-refractivity contribution is 7.22. The second-order valence-corrected chi connectivity index (χ2v) is 8.05. The number of aryl methyl sites for hydroxylation is 1. The van der Waals surface area contributed by atoms with Crippen molar-refractivity contribution < 1.29 is 14.3 Å². The number of carbonyl (C=O) groups excluding carboxylic acids is 1. The standard InChI is InChI=1S/C19H25N5O3S2/c1-6-23(7-2)10-11-24(18(25)16-12(3)21-22-29-16)19-20-15-13(26-4)8-9-14(27-5)17(15)28-19/h8-9H,6-7,10-11H2,1-5H3. The Hall–Kier alpha value is -2.30. The molecule has 0 N–H and O–H groups in total. The molecule has 0 saturated heterocycles. The highest BCUT2D eigenvalue weighted by Gasteiger charge is 2.26. The van der Waals surface area contributed by atoms with E-state index in [1.54, 1.807) is 26.0 Å². The number of nitrogens with zero attached hydrogens (tertiary/aromatic N) is 5. The number of amides is 1. The summed E-state index contributed by atoms with van der Waals surface area (Å²) in [6, 6.07) is 3.67. The van der Waals surface area contributed by atoms with E-state index in [1.165, 1.54) is 11.3 Å². The quantitative estimate of drug-likeness (QED) is 0.509. The molecule has 0 saturated carbocycles. The number of thiazole rings is 1. The number of benzene rings is 1. The average molecular weight is 436 g/mol. The number of methoxy groups -OCH3 is 2. The van der Waals surface area contributed by atoms with Gasteiger partial charge in [0.05, 0.1) is 19.9 Å². The summed E-state index contributed by atoms with van der Waals surface area (Å²) in [5.41, 5.74) is 1.32. The van der Waals surface area contributed by atoms with Gasteiger partial charge in [-0.05, 0) is 43.7 Å². The molecule has 0 aliphatic rings. The van der Waals surface area contributed by atoms with E-state index in [0.29, 0.717) is 39.3 Å². The first-order valence-electron chi connectivity index (χ1n) is 9.38. The van der Waals surface area contributed by atoms with Crippen LogP contribution in [0.5, 0.6) is 11.5 Å². The van der Waals surface area contributed by atoms with Crippen molar-refractivity contribution in [1.29, 1.82) is 0 Å². The Labute approximate surface area is 178 Å². The van der Waals surface area contributed by atoms with Crippen LogP contribution in [0, 0.1) is 6.92 Å². The van der Waals surface area contributed by atoms with Gasteiger partial charge in [-0.3, -0.25) is 9.69 Å². The summed E-state index contributed by atoms with van der Waals surface area (Å²) in [7, 11) is 3.23. The smallest absolute Gasteiger partial charge is 0.273 e. The van der Waals surface area contributed by atoms with Crippen LogP contribution in [0.2, 0.25) is 0 Å². The molecule has 0 aliphatic carbocycles. The SMILES string of the molecule is CCN(CC)CCN(C(=O)c1snnc1C)c1nc2c(OC)ccc(OC)c2s1. The first-order valence-corrected chi connectivity index (χ1v) is 11.0. The number of hydrogen-bond acceptors (Lipinski definition) is 9. The summed E-state index contributed by atoms with van der Waals surface area (Å²) in [5, 5.41) is 4.60. The molecular formula is C19H25N5O3S2. The summed E-state index contributed by atoms with van der Waals surface area (Å²) in [6.07, 6.45) is 0. The molecule has 2 aromatic heterocycles. The van der Waals surface area contributed by atoms with E-state index in [9.17, 15) is 4.79 Å². The number of rotatable bonds is 9. The first-order chi connectivity index (χ1) is 14.0. The van der Waals surface area contributed by atoms with Crippen LogP contribution < -0.4 is 14.4 Å². The predicted octanol–water partition coefficient (Wildman–Crippen LogP) is 3.46. The maximum absolute atomic E-state index is 13.3. The van der Waals surface area contributed by atoms with Crippen molar-refractivity contribution in [2.75, 3.05) is 45.3 Å². The van der Waals surface area contributed by atoms with Crippen LogP contribution >= 0.6 is 22.9 Å². The monoisotopic (exact) mass is 435 g/mol. The van der Waals surface area contributed by atoms with Gasteiger partial charge in [-0.25, -0.2) is 4.98 Å². The van der Waals surface area contributed by atoms with Crippen molar-refractivity contribution in [1.82, 2.24) is 19.5 Å². The summed E-state index contributed by atoms with van der Waals surface area (Å²) >= 11 is 2.53. The lowest BCUT2D eigenvalue weighted by Gasteiger charge is -2.24. The molecule has 10 heteroatoms. The third-order valence-corrected chi connectivity index (χ3v) is 6.66. The van der Waals surface area contributed by atoms with E-state index >= 15 is 0 Å². The number of hydrogen-bond donors (Lipinski definition) is 0. The molecule has 0 atom stereocenters. The van der Waals surface area contributed by atoms with Crippen molar-refractivity contribution in [3.05, 3.63) is 22.7 Å². The fraction of sp³-hybridized carbons (Fsp3) is 0.474. The highest BCUT2D eigenvalue weighted by Crippen LogP contribution is 2.40. The molecule has 0 radical (unpaired) electrons. The maximum atomic E-state index is 13.3. The number of anilines is 1. The van der Waals surface area contributed by atoms with E-state index in [-0.39, 0.29) is 5.91 Å². The minimum Gasteiger partial charge on any atom is -0.495 e. The Balaban J connectivity index is 2.05. The molecule has 3 aromatic rings. The molecular weight excluding hydrogens is 410 g/mol. The Morgan fingerprint density at radius 2 is 1.79 bits per heavy atom. The number of fused-ring (bicyclic) bond motifs is 1. The molecule has 29 heavy (non-hydrogen) atoms. The van der Waals surface area contributed by atoms with Crippen LogP contribution in [0.15, 0.2) is 12.1 Å². The van der Waals surface area contributed by atoms with Crippen LogP contribution in [-0.2, 0) is 0 Å². The van der Waals surface area contributed by atoms with Gasteiger partial charge in [0.2, 0.25) is 0 Å². The zero-order chi connectivity index (χ0) is 21.0. The van der Waals surface area contributed by atoms with Gasteiger partial charge in [0.1, 0.15) is 26.6 Å². The number of carbonyl (C=O) groups is 1. The normalized spacial score (nSPS) is 11.2. The van der Waals surface area contributed by atoms with Gasteiger partial charge in [0.25, 0.3) is 5.91 Å². The fourth-order valence-electron chi connectivity index (χ4n) is 3.01. The Kier molecular flexibility index (Phi) is 6.99. The van der Waals surface area contributed by atoms with Crippen LogP contribution in [0.3, 0.4) is 0 Å². The van der Waals surface area contributed by atoms with E-state index in [2.05, 4.69) is 28.3 Å². The number of likely N-dealkylation sites (N-methyl/N-ethyl adjacent to an activating group) is 1. The molecule has 2 heterocycles. The Bertz CT molecular complexity index is 943. The second kappa shape index (κ2) is 9.47. The first kappa shape index (κ1) is 21.4. The second-order valence-electron chi connectivity index (χ2n) is 6.32. The molecule has 0 bridgehead atoms. The van der Waals surface area contributed by atoms with Gasteiger partial charge in [-0.15, -0.1) is 5.10 Å². The summed E-state index contributed by atoms with van der Waals surface area (Å²) in [5.74, 6) is 1.22. The van der Waals surface area contributed by atoms with Crippen molar-refractivity contribution in [2.24, 2.45) is 0 Å². The molecule has 156 valence electrons. The largest absolute Gasteiger partial charge is 0.495 e. The van der Waals surface area contributed by atoms with Crippen molar-refractivity contribution in [3.8, 4) is 11.5 Å². The fourth-order valence-corrected chi connectivity index (χ4v) is 4.71. The van der Waals surface area contributed by atoms with Crippen LogP contribution in [-0.4, -0.2) is 65.8 Å². The van der Waals surface area contributed by atoms with Crippen LogP contribution in [0.25, 0.3) is 10.2 Å². The van der Waals surface area contributed by atoms with Gasteiger partial charge in [-0.2, -0.15) is 0 Å².